The van der Waals surface area contributed by atoms with Crippen molar-refractivity contribution in [2.45, 2.75) is 38.0 Å². The highest BCUT2D eigenvalue weighted by Gasteiger charge is 2.42. The number of hydrogen-bond acceptors (Lipinski definition) is 6. The number of carbonyl (C=O) groups excluding carboxylic acids is 1. The number of nitrogens with zero attached hydrogens (tertiary/aromatic N) is 4. The molecule has 1 spiro atoms. The Morgan fingerprint density at radius 1 is 0.972 bits per heavy atom. The summed E-state index contributed by atoms with van der Waals surface area (Å²) in [7, 11) is 0. The summed E-state index contributed by atoms with van der Waals surface area (Å²) >= 11 is 0. The summed E-state index contributed by atoms with van der Waals surface area (Å²) in [6.45, 7) is 4.27. The number of piperidine rings is 2. The van der Waals surface area contributed by atoms with Crippen molar-refractivity contribution >= 4 is 22.8 Å². The number of fused-ring (bicyclic) bond motifs is 1. The molecule has 3 fully saturated rings. The maximum atomic E-state index is 13.7. The van der Waals surface area contributed by atoms with Crippen molar-refractivity contribution in [3.05, 3.63) is 70.5 Å². The third kappa shape index (κ3) is 4.40. The van der Waals surface area contributed by atoms with Gasteiger partial charge in [0, 0.05) is 39.0 Å². The maximum Gasteiger partial charge on any atom is 0.294 e. The minimum Gasteiger partial charge on any atom is -0.351 e. The smallest absolute Gasteiger partial charge is 0.294 e. The Hall–Kier alpha value is -3.23. The average molecular weight is 489 g/mol. The highest BCUT2D eigenvalue weighted by atomic mass is 16.7. The molecule has 8 nitrogen and oxygen atoms in total. The van der Waals surface area contributed by atoms with Crippen molar-refractivity contribution < 1.29 is 14.3 Å². The van der Waals surface area contributed by atoms with Gasteiger partial charge in [-0.15, -0.1) is 0 Å². The van der Waals surface area contributed by atoms with Gasteiger partial charge in [-0.2, -0.15) is 0 Å². The Bertz CT molecular complexity index is 1290. The molecule has 0 saturated carbocycles. The highest BCUT2D eigenvalue weighted by Crippen LogP contribution is 2.32. The first-order chi connectivity index (χ1) is 17.6. The number of anilines is 1. The van der Waals surface area contributed by atoms with E-state index in [0.29, 0.717) is 58.1 Å². The van der Waals surface area contributed by atoms with Gasteiger partial charge in [0.1, 0.15) is 0 Å². The zero-order valence-corrected chi connectivity index (χ0v) is 20.5. The van der Waals surface area contributed by atoms with Crippen LogP contribution in [-0.2, 0) is 20.8 Å². The summed E-state index contributed by atoms with van der Waals surface area (Å²) < 4.78 is 13.4. The lowest BCUT2D eigenvalue weighted by molar-refractivity contribution is -0.188. The third-order valence-corrected chi connectivity index (χ3v) is 7.74. The van der Waals surface area contributed by atoms with E-state index in [4.69, 9.17) is 14.5 Å². The second kappa shape index (κ2) is 9.67. The number of rotatable bonds is 4. The van der Waals surface area contributed by atoms with Crippen molar-refractivity contribution in [3.63, 3.8) is 0 Å². The fourth-order valence-electron chi connectivity index (χ4n) is 5.79. The molecule has 1 aromatic heterocycles. The van der Waals surface area contributed by atoms with Crippen LogP contribution in [0.2, 0.25) is 0 Å². The zero-order valence-electron chi connectivity index (χ0n) is 20.5. The number of aromatic nitrogens is 2. The molecular formula is C28H32N4O4. The van der Waals surface area contributed by atoms with Gasteiger partial charge < -0.3 is 19.3 Å². The molecule has 1 atom stereocenters. The van der Waals surface area contributed by atoms with Gasteiger partial charge >= 0.3 is 0 Å². The topological polar surface area (TPSA) is 76.9 Å². The molecule has 188 valence electrons. The van der Waals surface area contributed by atoms with E-state index in [1.165, 1.54) is 0 Å². The van der Waals surface area contributed by atoms with E-state index in [2.05, 4.69) is 0 Å². The molecule has 3 aliphatic rings. The van der Waals surface area contributed by atoms with Crippen LogP contribution in [0.5, 0.6) is 0 Å². The third-order valence-electron chi connectivity index (χ3n) is 7.74. The van der Waals surface area contributed by atoms with Gasteiger partial charge in [-0.05, 0) is 30.5 Å². The van der Waals surface area contributed by atoms with Crippen LogP contribution in [0.15, 0.2) is 59.4 Å². The molecule has 1 amide bonds. The van der Waals surface area contributed by atoms with Gasteiger partial charge in [0.15, 0.2) is 11.6 Å². The number of likely N-dealkylation sites (tertiary alicyclic amines) is 1. The van der Waals surface area contributed by atoms with Crippen molar-refractivity contribution in [1.82, 2.24) is 14.5 Å². The summed E-state index contributed by atoms with van der Waals surface area (Å²) in [4.78, 5) is 36.0. The molecule has 6 rings (SSSR count). The fraction of sp³-hybridized carbons (Fsp3) is 0.464. The molecule has 0 aliphatic carbocycles. The molecule has 4 heterocycles. The summed E-state index contributed by atoms with van der Waals surface area (Å²) in [5.74, 6) is -0.0345. The summed E-state index contributed by atoms with van der Waals surface area (Å²) in [6, 6.07) is 17.8. The molecule has 0 N–H and O–H groups in total. The van der Waals surface area contributed by atoms with E-state index in [9.17, 15) is 9.59 Å². The second-order valence-electron chi connectivity index (χ2n) is 10.0. The number of ether oxygens (including phenoxy) is 2. The molecule has 8 heteroatoms. The number of hydrogen-bond donors (Lipinski definition) is 0. The lowest BCUT2D eigenvalue weighted by atomic mass is 9.94. The van der Waals surface area contributed by atoms with Crippen LogP contribution in [0.4, 0.5) is 5.82 Å². The van der Waals surface area contributed by atoms with Crippen LogP contribution in [0.25, 0.3) is 11.0 Å². The van der Waals surface area contributed by atoms with Crippen LogP contribution in [0, 0.1) is 5.92 Å². The fourth-order valence-corrected chi connectivity index (χ4v) is 5.79. The number of para-hydroxylation sites is 2. The molecular weight excluding hydrogens is 456 g/mol. The highest BCUT2D eigenvalue weighted by molar-refractivity contribution is 5.80. The van der Waals surface area contributed by atoms with Crippen molar-refractivity contribution in [1.29, 1.82) is 0 Å². The van der Waals surface area contributed by atoms with Gasteiger partial charge in [-0.25, -0.2) is 4.98 Å². The summed E-state index contributed by atoms with van der Waals surface area (Å²) in [6.07, 6.45) is 3.11. The molecule has 2 aromatic carbocycles. The second-order valence-corrected chi connectivity index (χ2v) is 10.0. The van der Waals surface area contributed by atoms with Crippen molar-refractivity contribution in [3.8, 4) is 0 Å². The average Bonchev–Trinajstić information content (AvgIpc) is 3.38. The van der Waals surface area contributed by atoms with Crippen LogP contribution in [0.3, 0.4) is 0 Å². The van der Waals surface area contributed by atoms with Crippen LogP contribution in [0.1, 0.15) is 31.2 Å². The Morgan fingerprint density at radius 2 is 1.69 bits per heavy atom. The normalized spacial score (nSPS) is 21.8. The minimum absolute atomic E-state index is 0.110. The Labute approximate surface area is 210 Å². The van der Waals surface area contributed by atoms with E-state index >= 15 is 0 Å². The molecule has 0 bridgehead atoms. The van der Waals surface area contributed by atoms with Gasteiger partial charge in [-0.3, -0.25) is 14.2 Å². The number of carbonyl (C=O) groups is 1. The zero-order chi connectivity index (χ0) is 24.5. The standard InChI is InChI=1S/C28H32N4O4/c33-26(30-15-12-28(13-16-30)35-17-18-36-28)22-9-6-14-31(20-22)25-27(34)32(19-21-7-2-1-3-8-21)24-11-5-4-10-23(24)29-25/h1-5,7-8,10-11,22H,6,9,12-20H2/t22-/m0/s1. The van der Waals surface area contributed by atoms with E-state index in [0.717, 1.165) is 36.0 Å². The van der Waals surface area contributed by atoms with Gasteiger partial charge in [0.05, 0.1) is 36.7 Å². The van der Waals surface area contributed by atoms with Gasteiger partial charge in [-0.1, -0.05) is 42.5 Å². The van der Waals surface area contributed by atoms with E-state index in [1.807, 2.05) is 69.0 Å². The van der Waals surface area contributed by atoms with Crippen LogP contribution < -0.4 is 10.5 Å². The minimum atomic E-state index is -0.492. The maximum absolute atomic E-state index is 13.7. The first-order valence-electron chi connectivity index (χ1n) is 13.0. The van der Waals surface area contributed by atoms with Crippen molar-refractivity contribution in [2.24, 2.45) is 5.92 Å². The lowest BCUT2D eigenvalue weighted by Gasteiger charge is -2.40. The molecule has 0 unspecified atom stereocenters. The molecule has 36 heavy (non-hydrogen) atoms. The SMILES string of the molecule is O=C([C@H]1CCCN(c2nc3ccccc3n(Cc3ccccc3)c2=O)C1)N1CCC2(CC1)OCCO2. The number of benzene rings is 2. The largest absolute Gasteiger partial charge is 0.351 e. The molecule has 3 aliphatic heterocycles. The Balaban J connectivity index is 1.24. The summed E-state index contributed by atoms with van der Waals surface area (Å²) in [5.41, 5.74) is 2.56. The molecule has 3 saturated heterocycles. The Morgan fingerprint density at radius 3 is 2.47 bits per heavy atom. The Kier molecular flexibility index (Phi) is 6.23. The first kappa shape index (κ1) is 23.2. The summed E-state index contributed by atoms with van der Waals surface area (Å²) in [5, 5.41) is 0. The first-order valence-corrected chi connectivity index (χ1v) is 13.0. The van der Waals surface area contributed by atoms with Gasteiger partial charge in [0.2, 0.25) is 5.91 Å². The van der Waals surface area contributed by atoms with E-state index in [1.54, 1.807) is 0 Å². The monoisotopic (exact) mass is 488 g/mol. The lowest BCUT2D eigenvalue weighted by Crippen LogP contribution is -2.51. The van der Waals surface area contributed by atoms with E-state index in [-0.39, 0.29) is 17.4 Å². The van der Waals surface area contributed by atoms with Crippen LogP contribution >= 0.6 is 0 Å². The molecule has 3 aromatic rings. The van der Waals surface area contributed by atoms with Crippen LogP contribution in [-0.4, -0.2) is 65.5 Å². The molecule has 0 radical (unpaired) electrons. The van der Waals surface area contributed by atoms with Gasteiger partial charge in [0.25, 0.3) is 5.56 Å². The predicted molar refractivity (Wildman–Crippen MR) is 137 cm³/mol. The van der Waals surface area contributed by atoms with E-state index < -0.39 is 5.79 Å². The van der Waals surface area contributed by atoms with Crippen molar-refractivity contribution in [2.75, 3.05) is 44.3 Å². The quantitative estimate of drug-likeness (QED) is 0.562. The number of amides is 1. The predicted octanol–water partition coefficient (Wildman–Crippen LogP) is 3.03.